The van der Waals surface area contributed by atoms with Gasteiger partial charge >= 0.3 is 0 Å². The molecule has 0 radical (unpaired) electrons. The van der Waals surface area contributed by atoms with Gasteiger partial charge in [0.2, 0.25) is 0 Å². The Morgan fingerprint density at radius 1 is 1.24 bits per heavy atom. The summed E-state index contributed by atoms with van der Waals surface area (Å²) < 4.78 is 13.0. The van der Waals surface area contributed by atoms with Crippen molar-refractivity contribution in [2.45, 2.75) is 39.0 Å². The zero-order valence-corrected chi connectivity index (χ0v) is 12.2. The zero-order valence-electron chi connectivity index (χ0n) is 12.2. The van der Waals surface area contributed by atoms with Gasteiger partial charge in [0.15, 0.2) is 5.78 Å². The first kappa shape index (κ1) is 14.2. The first-order valence-corrected chi connectivity index (χ1v) is 7.58. The molecule has 3 heteroatoms. The van der Waals surface area contributed by atoms with Crippen LogP contribution >= 0.6 is 0 Å². The fraction of sp³-hybridized carbons (Fsp3) is 0.444. The molecule has 1 atom stereocenters. The van der Waals surface area contributed by atoms with Gasteiger partial charge < -0.3 is 0 Å². The van der Waals surface area contributed by atoms with E-state index in [-0.39, 0.29) is 28.7 Å². The Hall–Kier alpha value is -1.77. The van der Waals surface area contributed by atoms with Crippen molar-refractivity contribution in [1.82, 2.24) is 0 Å². The Labute approximate surface area is 124 Å². The van der Waals surface area contributed by atoms with Crippen LogP contribution in [0.4, 0.5) is 4.39 Å². The van der Waals surface area contributed by atoms with E-state index in [0.29, 0.717) is 17.6 Å². The first-order valence-electron chi connectivity index (χ1n) is 7.58. The monoisotopic (exact) mass is 286 g/mol. The lowest BCUT2D eigenvalue weighted by atomic mass is 9.74. The Kier molecular flexibility index (Phi) is 3.52. The van der Waals surface area contributed by atoms with Gasteiger partial charge in [0.25, 0.3) is 0 Å². The number of ketones is 2. The highest BCUT2D eigenvalue weighted by atomic mass is 19.1. The van der Waals surface area contributed by atoms with Crippen LogP contribution in [0.1, 0.15) is 49.4 Å². The van der Waals surface area contributed by atoms with Crippen LogP contribution in [0.5, 0.6) is 0 Å². The highest BCUT2D eigenvalue weighted by Crippen LogP contribution is 2.57. The molecular weight excluding hydrogens is 267 g/mol. The van der Waals surface area contributed by atoms with E-state index in [1.165, 1.54) is 24.3 Å². The number of halogens is 1. The fourth-order valence-electron chi connectivity index (χ4n) is 3.23. The van der Waals surface area contributed by atoms with E-state index in [1.807, 2.05) is 13.0 Å². The van der Waals surface area contributed by atoms with Crippen LogP contribution in [0.15, 0.2) is 35.9 Å². The second-order valence-corrected chi connectivity index (χ2v) is 6.28. The number of carbonyl (C=O) groups excluding carboxylic acids is 2. The summed E-state index contributed by atoms with van der Waals surface area (Å²) in [5.74, 6) is -0.619. The molecule has 2 aliphatic rings. The van der Waals surface area contributed by atoms with Gasteiger partial charge in [0.05, 0.1) is 0 Å². The summed E-state index contributed by atoms with van der Waals surface area (Å²) >= 11 is 0. The van der Waals surface area contributed by atoms with E-state index in [0.717, 1.165) is 25.7 Å². The third-order valence-electron chi connectivity index (χ3n) is 4.83. The first-order chi connectivity index (χ1) is 10.0. The number of hydrogen-bond donors (Lipinski definition) is 0. The van der Waals surface area contributed by atoms with Crippen molar-refractivity contribution in [3.05, 3.63) is 47.3 Å². The maximum atomic E-state index is 13.0. The molecule has 0 heterocycles. The summed E-state index contributed by atoms with van der Waals surface area (Å²) in [5, 5.41) is 0. The molecule has 1 aromatic carbocycles. The SMILES string of the molecule is CCC(=O)[C@@H]1CC2(CC=C1C(=O)c1ccc(F)cc1)CC2. The number of rotatable bonds is 4. The number of Topliss-reactive ketones (excluding diaryl/α,β-unsaturated/α-hetero) is 2. The fourth-order valence-corrected chi connectivity index (χ4v) is 3.23. The van der Waals surface area contributed by atoms with E-state index in [1.54, 1.807) is 0 Å². The third kappa shape index (κ3) is 2.69. The number of allylic oxidation sites excluding steroid dienone is 2. The normalized spacial score (nSPS) is 22.8. The molecule has 0 aromatic heterocycles. The Bertz CT molecular complexity index is 609. The van der Waals surface area contributed by atoms with Crippen LogP contribution in [0.3, 0.4) is 0 Å². The summed E-state index contributed by atoms with van der Waals surface area (Å²) in [6, 6.07) is 5.56. The van der Waals surface area contributed by atoms with Gasteiger partial charge in [-0.3, -0.25) is 9.59 Å². The van der Waals surface area contributed by atoms with Crippen molar-refractivity contribution in [2.75, 3.05) is 0 Å². The van der Waals surface area contributed by atoms with Gasteiger partial charge in [-0.2, -0.15) is 0 Å². The molecule has 3 rings (SSSR count). The zero-order chi connectivity index (χ0) is 15.0. The van der Waals surface area contributed by atoms with Gasteiger partial charge in [-0.1, -0.05) is 13.0 Å². The van der Waals surface area contributed by atoms with Gasteiger partial charge in [-0.25, -0.2) is 4.39 Å². The molecule has 0 N–H and O–H groups in total. The predicted octanol–water partition coefficient (Wildman–Crippen LogP) is 4.10. The van der Waals surface area contributed by atoms with Crippen LogP contribution < -0.4 is 0 Å². The van der Waals surface area contributed by atoms with Gasteiger partial charge in [0.1, 0.15) is 11.6 Å². The molecular formula is C18H19FO2. The van der Waals surface area contributed by atoms with Gasteiger partial charge in [-0.05, 0) is 55.4 Å². The van der Waals surface area contributed by atoms with E-state index in [9.17, 15) is 14.0 Å². The van der Waals surface area contributed by atoms with Crippen LogP contribution in [-0.4, -0.2) is 11.6 Å². The molecule has 0 unspecified atom stereocenters. The number of hydrogen-bond acceptors (Lipinski definition) is 2. The largest absolute Gasteiger partial charge is 0.299 e. The molecule has 0 aliphatic heterocycles. The molecule has 2 nitrogen and oxygen atoms in total. The smallest absolute Gasteiger partial charge is 0.189 e. The Morgan fingerprint density at radius 2 is 1.90 bits per heavy atom. The molecule has 0 bridgehead atoms. The molecule has 2 aliphatic carbocycles. The van der Waals surface area contributed by atoms with Crippen LogP contribution in [0.25, 0.3) is 0 Å². The lowest BCUT2D eigenvalue weighted by Gasteiger charge is -2.28. The molecule has 0 saturated heterocycles. The van der Waals surface area contributed by atoms with E-state index >= 15 is 0 Å². The molecule has 1 saturated carbocycles. The predicted molar refractivity (Wildman–Crippen MR) is 78.5 cm³/mol. The Morgan fingerprint density at radius 3 is 2.48 bits per heavy atom. The highest BCUT2D eigenvalue weighted by Gasteiger charge is 2.48. The maximum Gasteiger partial charge on any atom is 0.189 e. The molecule has 1 spiro atoms. The minimum absolute atomic E-state index is 0.127. The number of benzene rings is 1. The molecule has 21 heavy (non-hydrogen) atoms. The third-order valence-corrected chi connectivity index (χ3v) is 4.83. The quantitative estimate of drug-likeness (QED) is 0.781. The summed E-state index contributed by atoms with van der Waals surface area (Å²) in [7, 11) is 0. The van der Waals surface area contributed by atoms with Crippen molar-refractivity contribution in [1.29, 1.82) is 0 Å². The lowest BCUT2D eigenvalue weighted by Crippen LogP contribution is -2.28. The maximum absolute atomic E-state index is 13.0. The second kappa shape index (κ2) is 5.21. The Balaban J connectivity index is 1.90. The molecule has 0 amide bonds. The van der Waals surface area contributed by atoms with Crippen molar-refractivity contribution >= 4 is 11.6 Å². The average molecular weight is 286 g/mol. The molecule has 110 valence electrons. The van der Waals surface area contributed by atoms with Gasteiger partial charge in [-0.15, -0.1) is 0 Å². The minimum atomic E-state index is -0.359. The van der Waals surface area contributed by atoms with Crippen molar-refractivity contribution in [3.8, 4) is 0 Å². The van der Waals surface area contributed by atoms with Gasteiger partial charge in [0, 0.05) is 23.5 Å². The van der Waals surface area contributed by atoms with E-state index < -0.39 is 0 Å². The average Bonchev–Trinajstić information content (AvgIpc) is 3.25. The van der Waals surface area contributed by atoms with Crippen LogP contribution in [0.2, 0.25) is 0 Å². The standard InChI is InChI=1S/C18H19FO2/c1-2-16(20)15-11-18(9-10-18)8-7-14(15)17(21)12-3-5-13(19)6-4-12/h3-7,15H,2,8-11H2,1H3/t15-/m1/s1. The lowest BCUT2D eigenvalue weighted by molar-refractivity contribution is -0.122. The summed E-state index contributed by atoms with van der Waals surface area (Å²) in [6.07, 6.45) is 6.43. The topological polar surface area (TPSA) is 34.1 Å². The van der Waals surface area contributed by atoms with Crippen LogP contribution in [0, 0.1) is 17.2 Å². The van der Waals surface area contributed by atoms with Crippen molar-refractivity contribution < 1.29 is 14.0 Å². The number of carbonyl (C=O) groups is 2. The van der Waals surface area contributed by atoms with E-state index in [4.69, 9.17) is 0 Å². The highest BCUT2D eigenvalue weighted by molar-refractivity contribution is 6.12. The van der Waals surface area contributed by atoms with E-state index in [2.05, 4.69) is 0 Å². The summed E-state index contributed by atoms with van der Waals surface area (Å²) in [4.78, 5) is 24.9. The second-order valence-electron chi connectivity index (χ2n) is 6.28. The van der Waals surface area contributed by atoms with Crippen molar-refractivity contribution in [3.63, 3.8) is 0 Å². The summed E-state index contributed by atoms with van der Waals surface area (Å²) in [6.45, 7) is 1.84. The van der Waals surface area contributed by atoms with Crippen LogP contribution in [-0.2, 0) is 4.79 Å². The summed E-state index contributed by atoms with van der Waals surface area (Å²) in [5.41, 5.74) is 1.36. The van der Waals surface area contributed by atoms with Crippen molar-refractivity contribution in [2.24, 2.45) is 11.3 Å². The molecule has 1 aromatic rings. The molecule has 1 fully saturated rings. The minimum Gasteiger partial charge on any atom is -0.299 e.